The molecule has 176 valence electrons. The van der Waals surface area contributed by atoms with Gasteiger partial charge in [0.05, 0.1) is 7.11 Å². The van der Waals surface area contributed by atoms with Gasteiger partial charge in [-0.25, -0.2) is 30.7 Å². The summed E-state index contributed by atoms with van der Waals surface area (Å²) in [5, 5.41) is -2.00. The molecule has 5 aromatic carbocycles. The van der Waals surface area contributed by atoms with Crippen LogP contribution in [0.3, 0.4) is 0 Å². The Balaban J connectivity index is 2.11. The lowest BCUT2D eigenvalue weighted by atomic mass is 9.85. The van der Waals surface area contributed by atoms with Crippen LogP contribution in [-0.2, 0) is 0 Å². The molecule has 0 aromatic heterocycles. The fraction of sp³-hybridized carbons (Fsp3) is 0.0370. The van der Waals surface area contributed by atoms with E-state index < -0.39 is 62.6 Å². The van der Waals surface area contributed by atoms with Gasteiger partial charge < -0.3 is 4.74 Å². The van der Waals surface area contributed by atoms with Crippen LogP contribution in [0.15, 0.2) is 60.7 Å². The molecule has 0 aliphatic heterocycles. The molecule has 5 rings (SSSR count). The molecule has 8 heteroatoms. The van der Waals surface area contributed by atoms with Crippen LogP contribution in [0, 0.1) is 40.7 Å². The van der Waals surface area contributed by atoms with Crippen molar-refractivity contribution in [2.24, 2.45) is 0 Å². The van der Waals surface area contributed by atoms with Crippen LogP contribution < -0.4 is 4.74 Å². The smallest absolute Gasteiger partial charge is 0.198 e. The van der Waals surface area contributed by atoms with Crippen molar-refractivity contribution < 1.29 is 35.5 Å². The van der Waals surface area contributed by atoms with E-state index in [0.29, 0.717) is 11.8 Å². The average molecular weight is 486 g/mol. The van der Waals surface area contributed by atoms with Crippen LogP contribution >= 0.6 is 0 Å². The molecule has 0 N–H and O–H groups in total. The first-order valence-electron chi connectivity index (χ1n) is 10.2. The summed E-state index contributed by atoms with van der Waals surface area (Å²) in [4.78, 5) is 0. The van der Waals surface area contributed by atoms with Crippen molar-refractivity contribution in [1.29, 1.82) is 0 Å². The molecule has 0 fully saturated rings. The van der Waals surface area contributed by atoms with E-state index in [-0.39, 0.29) is 21.9 Å². The first kappa shape index (κ1) is 22.7. The second-order valence-electron chi connectivity index (χ2n) is 7.77. The minimum absolute atomic E-state index is 0.113. The molecule has 0 radical (unpaired) electrons. The van der Waals surface area contributed by atoms with Gasteiger partial charge in [0.2, 0.25) is 0 Å². The Labute approximate surface area is 194 Å². The van der Waals surface area contributed by atoms with Crippen molar-refractivity contribution in [1.82, 2.24) is 0 Å². The van der Waals surface area contributed by atoms with Gasteiger partial charge in [-0.3, -0.25) is 0 Å². The number of benzene rings is 5. The van der Waals surface area contributed by atoms with Crippen molar-refractivity contribution in [2.45, 2.75) is 0 Å². The van der Waals surface area contributed by atoms with E-state index in [0.717, 1.165) is 18.2 Å². The maximum absolute atomic E-state index is 15.4. The van der Waals surface area contributed by atoms with Crippen molar-refractivity contribution in [3.8, 4) is 28.0 Å². The van der Waals surface area contributed by atoms with E-state index in [1.165, 1.54) is 43.5 Å². The molecule has 1 nitrogen and oxygen atoms in total. The maximum Gasteiger partial charge on any atom is 0.198 e. The number of halogens is 7. The summed E-state index contributed by atoms with van der Waals surface area (Å²) in [6.07, 6.45) is 0. The van der Waals surface area contributed by atoms with Gasteiger partial charge in [-0.15, -0.1) is 0 Å². The highest BCUT2D eigenvalue weighted by Crippen LogP contribution is 2.47. The second-order valence-corrected chi connectivity index (χ2v) is 7.77. The number of hydrogen-bond acceptors (Lipinski definition) is 1. The van der Waals surface area contributed by atoms with Gasteiger partial charge in [0.1, 0.15) is 23.2 Å². The third-order valence-corrected chi connectivity index (χ3v) is 5.88. The zero-order valence-electron chi connectivity index (χ0n) is 17.8. The summed E-state index contributed by atoms with van der Waals surface area (Å²) in [7, 11) is 1.40. The first-order chi connectivity index (χ1) is 16.7. The molecule has 0 spiro atoms. The number of hydrogen-bond donors (Lipinski definition) is 0. The van der Waals surface area contributed by atoms with E-state index in [1.54, 1.807) is 0 Å². The normalized spacial score (nSPS) is 11.4. The van der Waals surface area contributed by atoms with Crippen LogP contribution in [-0.4, -0.2) is 7.11 Å². The molecule has 0 aliphatic rings. The molecule has 0 unspecified atom stereocenters. The van der Waals surface area contributed by atoms with E-state index >= 15 is 13.2 Å². The van der Waals surface area contributed by atoms with E-state index in [2.05, 4.69) is 0 Å². The molecule has 35 heavy (non-hydrogen) atoms. The Morgan fingerprint density at radius 2 is 1.20 bits per heavy atom. The topological polar surface area (TPSA) is 9.23 Å². The molecule has 0 saturated carbocycles. The number of methoxy groups -OCH3 is 1. The van der Waals surface area contributed by atoms with Crippen molar-refractivity contribution in [3.05, 3.63) is 101 Å². The van der Waals surface area contributed by atoms with Crippen molar-refractivity contribution >= 4 is 21.5 Å². The van der Waals surface area contributed by atoms with E-state index in [9.17, 15) is 17.6 Å². The minimum atomic E-state index is -2.12. The number of fused-ring (bicyclic) bond motifs is 2. The van der Waals surface area contributed by atoms with Crippen molar-refractivity contribution in [3.63, 3.8) is 0 Å². The molecule has 0 heterocycles. The highest BCUT2D eigenvalue weighted by atomic mass is 19.2. The van der Waals surface area contributed by atoms with Gasteiger partial charge in [-0.1, -0.05) is 24.3 Å². The number of rotatable bonds is 3. The van der Waals surface area contributed by atoms with Crippen LogP contribution in [0.4, 0.5) is 30.7 Å². The fourth-order valence-electron chi connectivity index (χ4n) is 4.37. The van der Waals surface area contributed by atoms with Crippen LogP contribution in [0.1, 0.15) is 0 Å². The SMILES string of the molecule is COc1ccc(-c2c3c(F)cccc3c(-c3ccc(F)cc3F)c3c(F)c(F)c(F)c(F)c23)cc1. The molecule has 0 aliphatic carbocycles. The summed E-state index contributed by atoms with van der Waals surface area (Å²) in [6.45, 7) is 0. The third-order valence-electron chi connectivity index (χ3n) is 5.88. The molecular weight excluding hydrogens is 473 g/mol. The van der Waals surface area contributed by atoms with Gasteiger partial charge in [0, 0.05) is 38.9 Å². The predicted molar refractivity (Wildman–Crippen MR) is 119 cm³/mol. The average Bonchev–Trinajstić information content (AvgIpc) is 2.85. The molecule has 0 saturated heterocycles. The van der Waals surface area contributed by atoms with Gasteiger partial charge in [-0.05, 0) is 41.3 Å². The molecule has 0 atom stereocenters. The molecule has 5 aromatic rings. The van der Waals surface area contributed by atoms with Gasteiger partial charge >= 0.3 is 0 Å². The summed E-state index contributed by atoms with van der Waals surface area (Å²) in [6, 6.07) is 11.7. The minimum Gasteiger partial charge on any atom is -0.497 e. The first-order valence-corrected chi connectivity index (χ1v) is 10.2. The van der Waals surface area contributed by atoms with Gasteiger partial charge in [0.25, 0.3) is 0 Å². The summed E-state index contributed by atoms with van der Waals surface area (Å²) < 4.78 is 109. The third kappa shape index (κ3) is 3.39. The molecule has 0 amide bonds. The Hall–Kier alpha value is -4.07. The Bertz CT molecular complexity index is 1640. The summed E-state index contributed by atoms with van der Waals surface area (Å²) >= 11 is 0. The van der Waals surface area contributed by atoms with Crippen LogP contribution in [0.2, 0.25) is 0 Å². The highest BCUT2D eigenvalue weighted by molar-refractivity contribution is 6.22. The predicted octanol–water partition coefficient (Wildman–Crippen LogP) is 8.31. The molecular formula is C27H13F7O. The highest BCUT2D eigenvalue weighted by Gasteiger charge is 2.30. The largest absolute Gasteiger partial charge is 0.497 e. The quantitative estimate of drug-likeness (QED) is 0.108. The zero-order chi connectivity index (χ0) is 25.0. The van der Waals surface area contributed by atoms with Crippen LogP contribution in [0.25, 0.3) is 43.8 Å². The van der Waals surface area contributed by atoms with Gasteiger partial charge in [0.15, 0.2) is 23.3 Å². The summed E-state index contributed by atoms with van der Waals surface area (Å²) in [5.74, 6) is -10.4. The van der Waals surface area contributed by atoms with E-state index in [1.807, 2.05) is 0 Å². The Morgan fingerprint density at radius 3 is 1.80 bits per heavy atom. The lowest BCUT2D eigenvalue weighted by Crippen LogP contribution is -2.04. The number of ether oxygens (including phenoxy) is 1. The maximum atomic E-state index is 15.4. The second kappa shape index (κ2) is 8.30. The van der Waals surface area contributed by atoms with E-state index in [4.69, 9.17) is 4.74 Å². The Kier molecular flexibility index (Phi) is 5.39. The Morgan fingerprint density at radius 1 is 0.571 bits per heavy atom. The lowest BCUT2D eigenvalue weighted by molar-refractivity contribution is 0.415. The zero-order valence-corrected chi connectivity index (χ0v) is 17.8. The van der Waals surface area contributed by atoms with Crippen LogP contribution in [0.5, 0.6) is 5.75 Å². The standard InChI is InChI=1S/C27H13F7O/c1-35-14-8-5-12(6-9-14)19-21-16(3-2-4-17(21)29)20(15-10-7-13(28)11-18(15)30)23-22(19)24(31)26(33)27(34)25(23)32/h2-11H,1H3. The molecule has 0 bridgehead atoms. The van der Waals surface area contributed by atoms with Gasteiger partial charge in [-0.2, -0.15) is 0 Å². The summed E-state index contributed by atoms with van der Waals surface area (Å²) in [5.41, 5.74) is -1.02. The lowest BCUT2D eigenvalue weighted by Gasteiger charge is -2.20. The fourth-order valence-corrected chi connectivity index (χ4v) is 4.37. The van der Waals surface area contributed by atoms with Crippen molar-refractivity contribution in [2.75, 3.05) is 7.11 Å². The monoisotopic (exact) mass is 486 g/mol.